The number of aliphatic hydroxyl groups excluding tert-OH is 1. The fraction of sp³-hybridized carbons (Fsp3) is 0.250. The molecule has 0 heterocycles. The van der Waals surface area contributed by atoms with Gasteiger partial charge in [0.05, 0.1) is 5.56 Å². The van der Waals surface area contributed by atoms with Gasteiger partial charge in [-0.1, -0.05) is 63.2 Å². The zero-order chi connectivity index (χ0) is 18.8. The first-order valence-corrected chi connectivity index (χ1v) is 7.66. The number of hydrogen-bond donors (Lipinski definition) is 1. The molecule has 0 aliphatic heterocycles. The summed E-state index contributed by atoms with van der Waals surface area (Å²) in [5.74, 6) is -0.682. The van der Waals surface area contributed by atoms with Gasteiger partial charge in [-0.2, -0.15) is 18.4 Å². The highest BCUT2D eigenvalue weighted by Crippen LogP contribution is 2.36. The first-order valence-electron chi connectivity index (χ1n) is 7.66. The summed E-state index contributed by atoms with van der Waals surface area (Å²) >= 11 is 0. The number of alkyl halides is 3. The second-order valence-corrected chi connectivity index (χ2v) is 6.71. The number of nitrogens with zero attached hydrogens (tertiary/aromatic N) is 1. The molecule has 130 valence electrons. The number of aliphatic hydroxyl groups is 1. The van der Waals surface area contributed by atoms with E-state index in [2.05, 4.69) is 0 Å². The van der Waals surface area contributed by atoms with Crippen molar-refractivity contribution in [3.8, 4) is 6.07 Å². The Morgan fingerprint density at radius 3 is 2.00 bits per heavy atom. The lowest BCUT2D eigenvalue weighted by molar-refractivity contribution is -0.137. The molecule has 2 aromatic rings. The van der Waals surface area contributed by atoms with Crippen LogP contribution in [0.25, 0.3) is 11.3 Å². The molecule has 0 aromatic heterocycles. The Hall–Kier alpha value is -2.74. The summed E-state index contributed by atoms with van der Waals surface area (Å²) in [6, 6.07) is 13.3. The molecule has 0 spiro atoms. The largest absolute Gasteiger partial charge is 0.506 e. The number of hydrogen-bond acceptors (Lipinski definition) is 2. The molecule has 0 radical (unpaired) electrons. The Morgan fingerprint density at radius 2 is 1.52 bits per heavy atom. The minimum atomic E-state index is -4.62. The van der Waals surface area contributed by atoms with Crippen molar-refractivity contribution in [3.63, 3.8) is 0 Å². The van der Waals surface area contributed by atoms with Crippen molar-refractivity contribution in [3.05, 3.63) is 70.8 Å². The Labute approximate surface area is 144 Å². The molecule has 0 saturated heterocycles. The van der Waals surface area contributed by atoms with Gasteiger partial charge in [0.15, 0.2) is 0 Å². The molecule has 2 aromatic carbocycles. The lowest BCUT2D eigenvalue weighted by Gasteiger charge is -2.19. The predicted octanol–water partition coefficient (Wildman–Crippen LogP) is 5.95. The fourth-order valence-electron chi connectivity index (χ4n) is 2.46. The smallest absolute Gasteiger partial charge is 0.417 e. The first kappa shape index (κ1) is 18.6. The number of allylic oxidation sites excluding steroid dienone is 1. The molecule has 0 saturated carbocycles. The van der Waals surface area contributed by atoms with E-state index >= 15 is 0 Å². The average molecular weight is 345 g/mol. The van der Waals surface area contributed by atoms with E-state index < -0.39 is 23.1 Å². The van der Waals surface area contributed by atoms with Gasteiger partial charge in [0, 0.05) is 5.56 Å². The Balaban J connectivity index is 2.59. The molecule has 1 N–H and O–H groups in total. The molecule has 5 heteroatoms. The molecule has 0 atom stereocenters. The van der Waals surface area contributed by atoms with Crippen LogP contribution in [0.3, 0.4) is 0 Å². The summed E-state index contributed by atoms with van der Waals surface area (Å²) in [6.07, 6.45) is -4.62. The molecule has 0 amide bonds. The summed E-state index contributed by atoms with van der Waals surface area (Å²) in [5.41, 5.74) is -0.302. The lowest BCUT2D eigenvalue weighted by atomic mass is 9.86. The number of nitriles is 1. The highest BCUT2D eigenvalue weighted by molar-refractivity contribution is 5.94. The maximum Gasteiger partial charge on any atom is 0.417 e. The summed E-state index contributed by atoms with van der Waals surface area (Å²) < 4.78 is 39.4. The minimum Gasteiger partial charge on any atom is -0.506 e. The second-order valence-electron chi connectivity index (χ2n) is 6.71. The van der Waals surface area contributed by atoms with Crippen LogP contribution in [0.2, 0.25) is 0 Å². The van der Waals surface area contributed by atoms with Gasteiger partial charge < -0.3 is 5.11 Å². The number of rotatable bonds is 2. The third-order valence-corrected chi connectivity index (χ3v) is 3.88. The first-order chi connectivity index (χ1) is 11.6. The van der Waals surface area contributed by atoms with Crippen LogP contribution in [-0.2, 0) is 11.6 Å². The van der Waals surface area contributed by atoms with E-state index in [-0.39, 0.29) is 11.0 Å². The molecule has 0 aliphatic carbocycles. The topological polar surface area (TPSA) is 44.0 Å². The van der Waals surface area contributed by atoms with Gasteiger partial charge in [0.2, 0.25) is 0 Å². The fourth-order valence-corrected chi connectivity index (χ4v) is 2.46. The number of halogens is 3. The van der Waals surface area contributed by atoms with E-state index in [9.17, 15) is 23.5 Å². The molecule has 0 unspecified atom stereocenters. The van der Waals surface area contributed by atoms with Gasteiger partial charge >= 0.3 is 6.18 Å². The molecule has 0 fully saturated rings. The van der Waals surface area contributed by atoms with E-state index in [1.165, 1.54) is 12.1 Å². The zero-order valence-corrected chi connectivity index (χ0v) is 14.1. The zero-order valence-electron chi connectivity index (χ0n) is 14.1. The van der Waals surface area contributed by atoms with Crippen LogP contribution in [0.1, 0.15) is 43.0 Å². The Kier molecular flexibility index (Phi) is 4.94. The summed E-state index contributed by atoms with van der Waals surface area (Å²) in [4.78, 5) is 0. The highest BCUT2D eigenvalue weighted by atomic mass is 19.4. The van der Waals surface area contributed by atoms with Crippen molar-refractivity contribution in [1.29, 1.82) is 5.26 Å². The van der Waals surface area contributed by atoms with Gasteiger partial charge in [0.1, 0.15) is 17.4 Å². The van der Waals surface area contributed by atoms with Gasteiger partial charge in [-0.05, 0) is 22.6 Å². The Morgan fingerprint density at radius 1 is 0.960 bits per heavy atom. The van der Waals surface area contributed by atoms with E-state index in [4.69, 9.17) is 0 Å². The number of benzene rings is 2. The van der Waals surface area contributed by atoms with Crippen LogP contribution in [0, 0.1) is 11.3 Å². The molecule has 0 bridgehead atoms. The van der Waals surface area contributed by atoms with Crippen molar-refractivity contribution in [1.82, 2.24) is 0 Å². The Bertz CT molecular complexity index is 835. The van der Waals surface area contributed by atoms with Crippen molar-refractivity contribution in [2.75, 3.05) is 0 Å². The van der Waals surface area contributed by atoms with Gasteiger partial charge in [-0.25, -0.2) is 0 Å². The van der Waals surface area contributed by atoms with Crippen LogP contribution in [0.15, 0.2) is 48.5 Å². The van der Waals surface area contributed by atoms with Gasteiger partial charge in [-0.15, -0.1) is 0 Å². The normalized spacial score (nSPS) is 13.2. The molecule has 25 heavy (non-hydrogen) atoms. The van der Waals surface area contributed by atoms with Crippen LogP contribution in [0.5, 0.6) is 0 Å². The maximum absolute atomic E-state index is 13.1. The monoisotopic (exact) mass is 345 g/mol. The molecule has 2 nitrogen and oxygen atoms in total. The summed E-state index contributed by atoms with van der Waals surface area (Å²) in [6.45, 7) is 6.08. The van der Waals surface area contributed by atoms with Gasteiger partial charge in [0.25, 0.3) is 0 Å². The summed E-state index contributed by atoms with van der Waals surface area (Å²) in [5, 5.41) is 19.7. The molecule has 0 aliphatic rings. The van der Waals surface area contributed by atoms with E-state index in [1.807, 2.05) is 26.8 Å². The SMILES string of the molecule is CC(C)(C)c1ccc(/C(C#N)=C(\O)c2ccccc2C(F)(F)F)cc1. The minimum absolute atomic E-state index is 0.0972. The van der Waals surface area contributed by atoms with Crippen LogP contribution in [0.4, 0.5) is 13.2 Å². The molecular formula is C20H18F3NO. The van der Waals surface area contributed by atoms with Crippen molar-refractivity contribution in [2.45, 2.75) is 32.4 Å². The predicted molar refractivity (Wildman–Crippen MR) is 91.6 cm³/mol. The van der Waals surface area contributed by atoms with Crippen molar-refractivity contribution < 1.29 is 18.3 Å². The standard InChI is InChI=1S/C20H18F3NO/c1-19(2,3)14-10-8-13(9-11-14)16(12-24)18(25)15-6-4-5-7-17(15)20(21,22)23/h4-11,25H,1-3H3/b18-16-. The lowest BCUT2D eigenvalue weighted by Crippen LogP contribution is -2.11. The van der Waals surface area contributed by atoms with Crippen LogP contribution in [-0.4, -0.2) is 5.11 Å². The third-order valence-electron chi connectivity index (χ3n) is 3.88. The van der Waals surface area contributed by atoms with Crippen LogP contribution >= 0.6 is 0 Å². The average Bonchev–Trinajstić information content (AvgIpc) is 2.54. The van der Waals surface area contributed by atoms with E-state index in [0.717, 1.165) is 17.7 Å². The quantitative estimate of drug-likeness (QED) is 0.415. The second kappa shape index (κ2) is 6.64. The summed E-state index contributed by atoms with van der Waals surface area (Å²) in [7, 11) is 0. The highest BCUT2D eigenvalue weighted by Gasteiger charge is 2.34. The molecular weight excluding hydrogens is 327 g/mol. The van der Waals surface area contributed by atoms with E-state index in [0.29, 0.717) is 5.56 Å². The van der Waals surface area contributed by atoms with Crippen molar-refractivity contribution in [2.24, 2.45) is 0 Å². The van der Waals surface area contributed by atoms with Gasteiger partial charge in [-0.3, -0.25) is 0 Å². The maximum atomic E-state index is 13.1. The van der Waals surface area contributed by atoms with Crippen molar-refractivity contribution >= 4 is 11.3 Å². The van der Waals surface area contributed by atoms with E-state index in [1.54, 1.807) is 24.3 Å². The molecule has 2 rings (SSSR count). The van der Waals surface area contributed by atoms with Crippen LogP contribution < -0.4 is 0 Å². The third kappa shape index (κ3) is 4.03.